The maximum Gasteiger partial charge on any atom is 0.131 e. The molecule has 0 radical (unpaired) electrons. The molecule has 2 nitrogen and oxygen atoms in total. The maximum atomic E-state index is 10.3. The number of rotatable bonds is 0. The van der Waals surface area contributed by atoms with Crippen LogP contribution in [0.2, 0.25) is 0 Å². The van der Waals surface area contributed by atoms with Gasteiger partial charge in [-0.15, -0.1) is 0 Å². The molecule has 0 aromatic rings. The molecule has 0 bridgehead atoms. The van der Waals surface area contributed by atoms with E-state index in [0.717, 1.165) is 6.54 Å². The van der Waals surface area contributed by atoms with Gasteiger partial charge >= 0.3 is 0 Å². The van der Waals surface area contributed by atoms with Crippen molar-refractivity contribution in [3.8, 4) is 11.8 Å². The molecule has 1 saturated heterocycles. The van der Waals surface area contributed by atoms with Crippen molar-refractivity contribution >= 4 is 0 Å². The fourth-order valence-electron chi connectivity index (χ4n) is 1.92. The largest absolute Gasteiger partial charge is 0.377 e. The van der Waals surface area contributed by atoms with Crippen molar-refractivity contribution in [2.24, 2.45) is 5.92 Å². The summed E-state index contributed by atoms with van der Waals surface area (Å²) in [5.74, 6) is 5.87. The third kappa shape index (κ3) is 2.17. The first-order valence-electron chi connectivity index (χ1n) is 5.06. The fourth-order valence-corrected chi connectivity index (χ4v) is 1.92. The second-order valence-corrected chi connectivity index (χ2v) is 4.29. The first kappa shape index (κ1) is 11.3. The van der Waals surface area contributed by atoms with Crippen LogP contribution in [0, 0.1) is 17.8 Å². The van der Waals surface area contributed by atoms with Crippen LogP contribution in [0.15, 0.2) is 12.7 Å². The minimum absolute atomic E-state index is 0.191. The van der Waals surface area contributed by atoms with Gasteiger partial charge in [-0.3, -0.25) is 0 Å². The number of hydrogen-bond donors (Lipinski definition) is 1. The molecule has 0 amide bonds. The smallest absolute Gasteiger partial charge is 0.131 e. The minimum Gasteiger partial charge on any atom is -0.377 e. The van der Waals surface area contributed by atoms with E-state index >= 15 is 0 Å². The summed E-state index contributed by atoms with van der Waals surface area (Å²) in [5.41, 5.74) is -0.833. The molecular formula is C12H19NO. The molecule has 3 atom stereocenters. The Balaban J connectivity index is 2.82. The lowest BCUT2D eigenvalue weighted by molar-refractivity contribution is -0.0346. The molecule has 2 heteroatoms. The molecule has 0 aliphatic carbocycles. The zero-order valence-corrected chi connectivity index (χ0v) is 9.25. The van der Waals surface area contributed by atoms with Crippen LogP contribution in [0.3, 0.4) is 0 Å². The maximum absolute atomic E-state index is 10.3. The van der Waals surface area contributed by atoms with Gasteiger partial charge in [-0.05, 0) is 20.0 Å². The lowest BCUT2D eigenvalue weighted by Crippen LogP contribution is -2.52. The highest BCUT2D eigenvalue weighted by Crippen LogP contribution is 2.30. The third-order valence-corrected chi connectivity index (χ3v) is 3.13. The molecule has 0 saturated carbocycles. The van der Waals surface area contributed by atoms with Gasteiger partial charge in [0, 0.05) is 24.9 Å². The monoisotopic (exact) mass is 193 g/mol. The molecule has 78 valence electrons. The zero-order chi connectivity index (χ0) is 10.8. The molecule has 0 aromatic carbocycles. The Morgan fingerprint density at radius 1 is 1.57 bits per heavy atom. The lowest BCUT2D eigenvalue weighted by Gasteiger charge is -2.42. The summed E-state index contributed by atoms with van der Waals surface area (Å²) in [6, 6.07) is 0.385. The topological polar surface area (TPSA) is 23.5 Å². The first-order chi connectivity index (χ1) is 6.49. The number of nitrogens with zero attached hydrogens (tertiary/aromatic N) is 1. The van der Waals surface area contributed by atoms with Crippen molar-refractivity contribution in [2.45, 2.75) is 31.9 Å². The van der Waals surface area contributed by atoms with E-state index in [4.69, 9.17) is 0 Å². The van der Waals surface area contributed by atoms with Gasteiger partial charge in [-0.1, -0.05) is 25.3 Å². The van der Waals surface area contributed by atoms with Crippen LogP contribution in [-0.4, -0.2) is 35.2 Å². The predicted molar refractivity (Wildman–Crippen MR) is 58.8 cm³/mol. The highest BCUT2D eigenvalue weighted by atomic mass is 16.3. The van der Waals surface area contributed by atoms with E-state index in [-0.39, 0.29) is 5.92 Å². The van der Waals surface area contributed by atoms with Gasteiger partial charge in [0.2, 0.25) is 0 Å². The summed E-state index contributed by atoms with van der Waals surface area (Å²) in [6.45, 7) is 8.59. The van der Waals surface area contributed by atoms with E-state index in [1.807, 2.05) is 6.92 Å². The molecule has 1 aliphatic heterocycles. The average molecular weight is 193 g/mol. The second kappa shape index (κ2) is 4.16. The van der Waals surface area contributed by atoms with Crippen molar-refractivity contribution in [1.82, 2.24) is 4.90 Å². The molecule has 0 aromatic heterocycles. The summed E-state index contributed by atoms with van der Waals surface area (Å²) in [7, 11) is 2.08. The van der Waals surface area contributed by atoms with E-state index in [1.165, 1.54) is 6.08 Å². The van der Waals surface area contributed by atoms with Gasteiger partial charge in [0.05, 0.1) is 0 Å². The van der Waals surface area contributed by atoms with Crippen LogP contribution in [0.1, 0.15) is 20.3 Å². The Labute approximate surface area is 86.6 Å². The standard InChI is InChI=1S/C12H19NO/c1-5-6-7-12(14)8-11(3)13(4)9-10(12)2/h5,10-11,14H,1,8-9H2,2-4H3/t10-,11+,12-/m1/s1. The van der Waals surface area contributed by atoms with Crippen LogP contribution < -0.4 is 0 Å². The van der Waals surface area contributed by atoms with Gasteiger partial charge in [-0.2, -0.15) is 0 Å². The number of likely N-dealkylation sites (tertiary alicyclic amines) is 1. The third-order valence-electron chi connectivity index (χ3n) is 3.13. The number of piperidine rings is 1. The van der Waals surface area contributed by atoms with Gasteiger partial charge in [0.25, 0.3) is 0 Å². The van der Waals surface area contributed by atoms with Crippen LogP contribution in [-0.2, 0) is 0 Å². The van der Waals surface area contributed by atoms with E-state index in [0.29, 0.717) is 12.5 Å². The molecule has 14 heavy (non-hydrogen) atoms. The SMILES string of the molecule is C=CC#C[C@@]1(O)C[C@H](C)N(C)C[C@H]1C. The molecular weight excluding hydrogens is 174 g/mol. The van der Waals surface area contributed by atoms with E-state index in [2.05, 4.69) is 37.3 Å². The Morgan fingerprint density at radius 2 is 2.21 bits per heavy atom. The van der Waals surface area contributed by atoms with Crippen molar-refractivity contribution < 1.29 is 5.11 Å². The first-order valence-corrected chi connectivity index (χ1v) is 5.06. The molecule has 0 unspecified atom stereocenters. The van der Waals surface area contributed by atoms with E-state index < -0.39 is 5.60 Å². The summed E-state index contributed by atoms with van der Waals surface area (Å²) in [6.07, 6.45) is 2.25. The second-order valence-electron chi connectivity index (χ2n) is 4.29. The Morgan fingerprint density at radius 3 is 2.79 bits per heavy atom. The minimum atomic E-state index is -0.833. The van der Waals surface area contributed by atoms with E-state index in [1.54, 1.807) is 0 Å². The van der Waals surface area contributed by atoms with Crippen LogP contribution in [0.5, 0.6) is 0 Å². The highest BCUT2D eigenvalue weighted by molar-refractivity contribution is 5.23. The van der Waals surface area contributed by atoms with Crippen molar-refractivity contribution in [1.29, 1.82) is 0 Å². The predicted octanol–water partition coefficient (Wildman–Crippen LogP) is 1.27. The van der Waals surface area contributed by atoms with Crippen molar-refractivity contribution in [3.05, 3.63) is 12.7 Å². The zero-order valence-electron chi connectivity index (χ0n) is 9.25. The molecule has 1 aliphatic rings. The summed E-state index contributed by atoms with van der Waals surface area (Å²) in [5, 5.41) is 10.3. The van der Waals surface area contributed by atoms with Gasteiger partial charge < -0.3 is 10.0 Å². The van der Waals surface area contributed by atoms with E-state index in [9.17, 15) is 5.11 Å². The Hall–Kier alpha value is -0.780. The van der Waals surface area contributed by atoms with Gasteiger partial charge in [0.15, 0.2) is 0 Å². The fraction of sp³-hybridized carbons (Fsp3) is 0.667. The van der Waals surface area contributed by atoms with Gasteiger partial charge in [-0.25, -0.2) is 0 Å². The quantitative estimate of drug-likeness (QED) is 0.586. The molecule has 1 heterocycles. The average Bonchev–Trinajstić information content (AvgIpc) is 2.12. The molecule has 1 N–H and O–H groups in total. The number of hydrogen-bond acceptors (Lipinski definition) is 2. The highest BCUT2D eigenvalue weighted by Gasteiger charge is 2.39. The van der Waals surface area contributed by atoms with Gasteiger partial charge in [0.1, 0.15) is 5.60 Å². The normalized spacial score (nSPS) is 38.6. The molecule has 1 fully saturated rings. The summed E-state index contributed by atoms with van der Waals surface area (Å²) < 4.78 is 0. The van der Waals surface area contributed by atoms with Crippen molar-refractivity contribution in [2.75, 3.05) is 13.6 Å². The Kier molecular flexibility index (Phi) is 3.36. The van der Waals surface area contributed by atoms with Crippen molar-refractivity contribution in [3.63, 3.8) is 0 Å². The van der Waals surface area contributed by atoms with Crippen LogP contribution in [0.4, 0.5) is 0 Å². The van der Waals surface area contributed by atoms with Crippen LogP contribution in [0.25, 0.3) is 0 Å². The summed E-state index contributed by atoms with van der Waals surface area (Å²) >= 11 is 0. The molecule has 0 spiro atoms. The lowest BCUT2D eigenvalue weighted by atomic mass is 9.79. The number of allylic oxidation sites excluding steroid dienone is 1. The molecule has 1 rings (SSSR count). The van der Waals surface area contributed by atoms with Crippen LogP contribution >= 0.6 is 0 Å². The summed E-state index contributed by atoms with van der Waals surface area (Å²) in [4.78, 5) is 2.26. The number of aliphatic hydroxyl groups is 1. The Bertz CT molecular complexity index is 276.